The van der Waals surface area contributed by atoms with Crippen molar-refractivity contribution in [3.8, 4) is 16.9 Å². The van der Waals surface area contributed by atoms with Crippen molar-refractivity contribution in [3.63, 3.8) is 0 Å². The smallest absolute Gasteiger partial charge is 0.135 e. The molecule has 0 bridgehead atoms. The highest BCUT2D eigenvalue weighted by Crippen LogP contribution is 2.32. The van der Waals surface area contributed by atoms with Crippen LogP contribution in [0.25, 0.3) is 16.6 Å². The highest BCUT2D eigenvalue weighted by Gasteiger charge is 2.20. The number of hydrogen-bond acceptors (Lipinski definition) is 5. The van der Waals surface area contributed by atoms with Gasteiger partial charge in [0.1, 0.15) is 11.6 Å². The van der Waals surface area contributed by atoms with Crippen LogP contribution in [-0.4, -0.2) is 36.4 Å². The van der Waals surface area contributed by atoms with Gasteiger partial charge in [0.25, 0.3) is 0 Å². The number of benzene rings is 1. The molecule has 0 unspecified atom stereocenters. The van der Waals surface area contributed by atoms with E-state index in [0.717, 1.165) is 58.4 Å². The van der Waals surface area contributed by atoms with Crippen LogP contribution >= 0.6 is 0 Å². The number of rotatable bonds is 6. The number of aryl methyl sites for hydroxylation is 2. The third kappa shape index (κ3) is 4.35. The first-order chi connectivity index (χ1) is 16.5. The van der Waals surface area contributed by atoms with Gasteiger partial charge in [0.05, 0.1) is 34.8 Å². The van der Waals surface area contributed by atoms with Gasteiger partial charge in [0, 0.05) is 36.6 Å². The highest BCUT2D eigenvalue weighted by atomic mass is 16.3. The van der Waals surface area contributed by atoms with Crippen LogP contribution in [0.4, 0.5) is 11.4 Å². The van der Waals surface area contributed by atoms with E-state index in [1.807, 2.05) is 37.1 Å². The Labute approximate surface area is 199 Å². The van der Waals surface area contributed by atoms with E-state index >= 15 is 0 Å². The number of aliphatic imine (C=N–C) groups is 1. The Morgan fingerprint density at radius 3 is 2.68 bits per heavy atom. The summed E-state index contributed by atoms with van der Waals surface area (Å²) in [5, 5.41) is 22.6. The maximum Gasteiger partial charge on any atom is 0.135 e. The van der Waals surface area contributed by atoms with Crippen LogP contribution in [-0.2, 0) is 13.5 Å². The average Bonchev–Trinajstić information content (AvgIpc) is 3.47. The van der Waals surface area contributed by atoms with E-state index in [0.29, 0.717) is 11.9 Å². The fourth-order valence-corrected chi connectivity index (χ4v) is 4.74. The lowest BCUT2D eigenvalue weighted by molar-refractivity contribution is 0.463. The molecule has 0 saturated heterocycles. The zero-order valence-corrected chi connectivity index (χ0v) is 19.7. The Morgan fingerprint density at radius 2 is 1.94 bits per heavy atom. The van der Waals surface area contributed by atoms with Crippen LogP contribution in [0, 0.1) is 0 Å². The molecule has 4 aromatic rings. The maximum atomic E-state index is 9.85. The first kappa shape index (κ1) is 22.0. The largest absolute Gasteiger partial charge is 0.508 e. The van der Waals surface area contributed by atoms with Gasteiger partial charge in [0.2, 0.25) is 0 Å². The van der Waals surface area contributed by atoms with Gasteiger partial charge in [-0.1, -0.05) is 26.2 Å². The number of aromatic nitrogens is 4. The van der Waals surface area contributed by atoms with Crippen LogP contribution in [0.15, 0.2) is 54.0 Å². The second kappa shape index (κ2) is 9.21. The minimum absolute atomic E-state index is 0.230. The van der Waals surface area contributed by atoms with Crippen LogP contribution in [0.1, 0.15) is 50.2 Å². The first-order valence-corrected chi connectivity index (χ1v) is 11.9. The van der Waals surface area contributed by atoms with Crippen molar-refractivity contribution in [3.05, 3.63) is 60.2 Å². The molecule has 5 rings (SSSR count). The van der Waals surface area contributed by atoms with Gasteiger partial charge in [0.15, 0.2) is 0 Å². The molecule has 4 N–H and O–H groups in total. The van der Waals surface area contributed by atoms with Crippen molar-refractivity contribution in [2.24, 2.45) is 17.8 Å². The maximum absolute atomic E-state index is 9.85. The number of anilines is 1. The summed E-state index contributed by atoms with van der Waals surface area (Å²) >= 11 is 0. The van der Waals surface area contributed by atoms with E-state index in [9.17, 15) is 5.11 Å². The van der Waals surface area contributed by atoms with Crippen molar-refractivity contribution in [2.75, 3.05) is 5.32 Å². The van der Waals surface area contributed by atoms with Crippen LogP contribution < -0.4 is 11.1 Å². The molecule has 8 nitrogen and oxygen atoms in total. The Hall–Kier alpha value is -3.81. The molecule has 0 spiro atoms. The molecule has 1 aliphatic rings. The van der Waals surface area contributed by atoms with Gasteiger partial charge in [-0.15, -0.1) is 0 Å². The monoisotopic (exact) mass is 457 g/mol. The van der Waals surface area contributed by atoms with Crippen molar-refractivity contribution in [1.29, 1.82) is 0 Å². The molecular formula is C26H31N7O. The Bertz CT molecular complexity index is 1340. The fraction of sp³-hybridized carbons (Fsp3) is 0.346. The standard InChI is InChI=1S/C26H31N7O/c1-3-17-11-21(34)9-10-23(17)31-26(27)22-14-29-33-16-18(19-13-28-32(2)15-19)12-24(33)25(22)30-20-7-5-4-6-8-20/h9-16,20,30,34H,3-8H2,1-2H3,(H2,27,31). The molecule has 0 aliphatic heterocycles. The molecule has 1 saturated carbocycles. The predicted octanol–water partition coefficient (Wildman–Crippen LogP) is 4.78. The average molecular weight is 458 g/mol. The quantitative estimate of drug-likeness (QED) is 0.285. The molecule has 0 atom stereocenters. The van der Waals surface area contributed by atoms with E-state index in [-0.39, 0.29) is 5.75 Å². The van der Waals surface area contributed by atoms with Gasteiger partial charge >= 0.3 is 0 Å². The zero-order chi connectivity index (χ0) is 23.7. The van der Waals surface area contributed by atoms with Crippen molar-refractivity contribution in [1.82, 2.24) is 19.4 Å². The molecule has 3 heterocycles. The van der Waals surface area contributed by atoms with Gasteiger partial charge in [-0.2, -0.15) is 10.2 Å². The van der Waals surface area contributed by atoms with Crippen LogP contribution in [0.3, 0.4) is 0 Å². The van der Waals surface area contributed by atoms with Gasteiger partial charge in [-0.3, -0.25) is 4.68 Å². The molecule has 1 aromatic carbocycles. The van der Waals surface area contributed by atoms with E-state index in [1.165, 1.54) is 19.3 Å². The number of hydrogen-bond donors (Lipinski definition) is 3. The summed E-state index contributed by atoms with van der Waals surface area (Å²) in [4.78, 5) is 4.75. The SMILES string of the molecule is CCc1cc(O)ccc1/N=C(\N)c1cnn2cc(-c3cnn(C)c3)cc2c1NC1CCCCC1. The van der Waals surface area contributed by atoms with E-state index in [1.54, 1.807) is 29.1 Å². The van der Waals surface area contributed by atoms with Crippen LogP contribution in [0.2, 0.25) is 0 Å². The predicted molar refractivity (Wildman–Crippen MR) is 136 cm³/mol. The number of fused-ring (bicyclic) bond motifs is 1. The number of phenolic OH excluding ortho intramolecular Hbond substituents is 1. The summed E-state index contributed by atoms with van der Waals surface area (Å²) in [6.07, 6.45) is 14.4. The minimum atomic E-state index is 0.230. The Morgan fingerprint density at radius 1 is 1.12 bits per heavy atom. The molecule has 3 aromatic heterocycles. The van der Waals surface area contributed by atoms with Gasteiger partial charge in [-0.05, 0) is 49.1 Å². The zero-order valence-electron chi connectivity index (χ0n) is 19.7. The Balaban J connectivity index is 1.61. The normalized spacial score (nSPS) is 15.2. The third-order valence-electron chi connectivity index (χ3n) is 6.59. The molecule has 1 aliphatic carbocycles. The van der Waals surface area contributed by atoms with E-state index in [2.05, 4.69) is 21.6 Å². The highest BCUT2D eigenvalue weighted by molar-refractivity contribution is 6.06. The second-order valence-electron chi connectivity index (χ2n) is 9.04. The molecular weight excluding hydrogens is 426 g/mol. The lowest BCUT2D eigenvalue weighted by atomic mass is 9.95. The number of aromatic hydroxyl groups is 1. The number of nitrogens with zero attached hydrogens (tertiary/aromatic N) is 5. The van der Waals surface area contributed by atoms with Crippen molar-refractivity contribution in [2.45, 2.75) is 51.5 Å². The Kier molecular flexibility index (Phi) is 5.96. The molecule has 0 radical (unpaired) electrons. The van der Waals surface area contributed by atoms with Crippen LogP contribution in [0.5, 0.6) is 5.75 Å². The summed E-state index contributed by atoms with van der Waals surface area (Å²) in [5.74, 6) is 0.631. The first-order valence-electron chi connectivity index (χ1n) is 11.9. The number of amidine groups is 1. The molecule has 1 fully saturated rings. The summed E-state index contributed by atoms with van der Waals surface area (Å²) in [7, 11) is 1.91. The minimum Gasteiger partial charge on any atom is -0.508 e. The van der Waals surface area contributed by atoms with Crippen molar-refractivity contribution >= 4 is 22.7 Å². The van der Waals surface area contributed by atoms with Gasteiger partial charge in [-0.25, -0.2) is 9.51 Å². The topological polar surface area (TPSA) is 106 Å². The van der Waals surface area contributed by atoms with E-state index < -0.39 is 0 Å². The number of nitrogens with one attached hydrogen (secondary N) is 1. The van der Waals surface area contributed by atoms with Gasteiger partial charge < -0.3 is 16.2 Å². The molecule has 176 valence electrons. The number of nitrogens with two attached hydrogens (primary N) is 1. The van der Waals surface area contributed by atoms with E-state index in [4.69, 9.17) is 10.7 Å². The molecule has 34 heavy (non-hydrogen) atoms. The summed E-state index contributed by atoms with van der Waals surface area (Å²) in [6, 6.07) is 7.70. The lowest BCUT2D eigenvalue weighted by Crippen LogP contribution is -2.25. The van der Waals surface area contributed by atoms with Crippen molar-refractivity contribution < 1.29 is 5.11 Å². The third-order valence-corrected chi connectivity index (χ3v) is 6.59. The summed E-state index contributed by atoms with van der Waals surface area (Å²) in [6.45, 7) is 2.04. The summed E-state index contributed by atoms with van der Waals surface area (Å²) < 4.78 is 3.69. The molecule has 8 heteroatoms. The summed E-state index contributed by atoms with van der Waals surface area (Å²) in [5.41, 5.74) is 13.1. The molecule has 0 amide bonds. The number of phenols is 1. The fourth-order valence-electron chi connectivity index (χ4n) is 4.74. The second-order valence-corrected chi connectivity index (χ2v) is 9.04. The lowest BCUT2D eigenvalue weighted by Gasteiger charge is -2.25.